The molecule has 1 aliphatic rings. The number of aliphatic hydroxyl groups is 1. The van der Waals surface area contributed by atoms with Crippen molar-refractivity contribution in [3.8, 4) is 0 Å². The molecule has 1 fully saturated rings. The molecule has 0 aliphatic carbocycles. The maximum absolute atomic E-state index is 13.1. The lowest BCUT2D eigenvalue weighted by atomic mass is 9.96. The second kappa shape index (κ2) is 5.01. The van der Waals surface area contributed by atoms with Crippen molar-refractivity contribution in [3.63, 3.8) is 0 Å². The number of halogens is 1. The predicted octanol–water partition coefficient (Wildman–Crippen LogP) is 2.00. The number of thioether (sulfide) groups is 1. The van der Waals surface area contributed by atoms with Crippen molar-refractivity contribution in [2.45, 2.75) is 12.5 Å². The van der Waals surface area contributed by atoms with E-state index in [0.29, 0.717) is 17.7 Å². The van der Waals surface area contributed by atoms with Gasteiger partial charge in [-0.2, -0.15) is 11.8 Å². The van der Waals surface area contributed by atoms with Gasteiger partial charge in [-0.15, -0.1) is 0 Å². The molecule has 1 aliphatic heterocycles. The fourth-order valence-electron chi connectivity index (χ4n) is 1.96. The average Bonchev–Trinajstić information content (AvgIpc) is 2.64. The lowest BCUT2D eigenvalue weighted by molar-refractivity contribution is -0.385. The van der Waals surface area contributed by atoms with Gasteiger partial charge in [0.15, 0.2) is 0 Å². The van der Waals surface area contributed by atoms with Gasteiger partial charge in [0.2, 0.25) is 0 Å². The summed E-state index contributed by atoms with van der Waals surface area (Å²) in [4.78, 5) is 10.3. The molecule has 17 heavy (non-hydrogen) atoms. The molecule has 2 atom stereocenters. The number of aliphatic hydroxyl groups excluding tert-OH is 1. The van der Waals surface area contributed by atoms with Crippen molar-refractivity contribution in [1.29, 1.82) is 0 Å². The standard InChI is InChI=1S/C11H12FNO3S/c12-9-1-2-10(13(15)16)7(4-9)3-8-5-17-6-11(8)14/h1-2,4,8,11,14H,3,5-6H2. The molecule has 1 heterocycles. The molecule has 0 spiro atoms. The van der Waals surface area contributed by atoms with Crippen LogP contribution in [0.15, 0.2) is 18.2 Å². The number of hydrogen-bond donors (Lipinski definition) is 1. The Hall–Kier alpha value is -1.14. The average molecular weight is 257 g/mol. The highest BCUT2D eigenvalue weighted by Crippen LogP contribution is 2.30. The fraction of sp³-hybridized carbons (Fsp3) is 0.455. The van der Waals surface area contributed by atoms with Crippen LogP contribution in [-0.2, 0) is 6.42 Å². The fourth-order valence-corrected chi connectivity index (χ4v) is 3.25. The van der Waals surface area contributed by atoms with Gasteiger partial charge in [0, 0.05) is 17.4 Å². The molecule has 1 N–H and O–H groups in total. The molecule has 1 aromatic rings. The summed E-state index contributed by atoms with van der Waals surface area (Å²) in [6.45, 7) is 0. The Bertz CT molecular complexity index is 441. The molecule has 0 aromatic heterocycles. The second-order valence-corrected chi connectivity index (χ2v) is 5.17. The summed E-state index contributed by atoms with van der Waals surface area (Å²) in [7, 11) is 0. The van der Waals surface area contributed by atoms with Gasteiger partial charge in [-0.05, 0) is 30.2 Å². The van der Waals surface area contributed by atoms with Gasteiger partial charge in [0.05, 0.1) is 11.0 Å². The van der Waals surface area contributed by atoms with E-state index >= 15 is 0 Å². The lowest BCUT2D eigenvalue weighted by Gasteiger charge is -2.13. The molecule has 6 heteroatoms. The topological polar surface area (TPSA) is 63.4 Å². The van der Waals surface area contributed by atoms with E-state index in [-0.39, 0.29) is 11.6 Å². The second-order valence-electron chi connectivity index (χ2n) is 4.10. The van der Waals surface area contributed by atoms with Gasteiger partial charge in [0.25, 0.3) is 5.69 Å². The van der Waals surface area contributed by atoms with Crippen molar-refractivity contribution in [2.75, 3.05) is 11.5 Å². The van der Waals surface area contributed by atoms with Crippen molar-refractivity contribution < 1.29 is 14.4 Å². The first-order chi connectivity index (χ1) is 8.08. The van der Waals surface area contributed by atoms with Gasteiger partial charge in [-0.25, -0.2) is 4.39 Å². The summed E-state index contributed by atoms with van der Waals surface area (Å²) in [6.07, 6.45) is -0.106. The number of hydrogen-bond acceptors (Lipinski definition) is 4. The molecular weight excluding hydrogens is 245 g/mol. The summed E-state index contributed by atoms with van der Waals surface area (Å²) in [5.41, 5.74) is 0.289. The number of rotatable bonds is 3. The molecule has 92 valence electrons. The lowest BCUT2D eigenvalue weighted by Crippen LogP contribution is -2.20. The highest BCUT2D eigenvalue weighted by Gasteiger charge is 2.28. The van der Waals surface area contributed by atoms with Crippen LogP contribution in [0.25, 0.3) is 0 Å². The molecule has 0 radical (unpaired) electrons. The van der Waals surface area contributed by atoms with E-state index in [1.54, 1.807) is 11.8 Å². The van der Waals surface area contributed by atoms with Crippen molar-refractivity contribution in [2.24, 2.45) is 5.92 Å². The van der Waals surface area contributed by atoms with E-state index in [9.17, 15) is 19.6 Å². The smallest absolute Gasteiger partial charge is 0.272 e. The monoisotopic (exact) mass is 257 g/mol. The van der Waals surface area contributed by atoms with Gasteiger partial charge < -0.3 is 5.11 Å². The van der Waals surface area contributed by atoms with Gasteiger partial charge in [-0.1, -0.05) is 0 Å². The summed E-state index contributed by atoms with van der Waals surface area (Å²) in [6, 6.07) is 3.45. The zero-order valence-electron chi connectivity index (χ0n) is 9.01. The van der Waals surface area contributed by atoms with E-state index in [4.69, 9.17) is 0 Å². The first kappa shape index (κ1) is 12.3. The van der Waals surface area contributed by atoms with Gasteiger partial charge in [-0.3, -0.25) is 10.1 Å². The molecule has 4 nitrogen and oxygen atoms in total. The van der Waals surface area contributed by atoms with E-state index in [0.717, 1.165) is 11.8 Å². The van der Waals surface area contributed by atoms with Crippen LogP contribution < -0.4 is 0 Å². The van der Waals surface area contributed by atoms with Crippen molar-refractivity contribution >= 4 is 17.4 Å². The SMILES string of the molecule is O=[N+]([O-])c1ccc(F)cc1CC1CSCC1O. The van der Waals surface area contributed by atoms with Crippen LogP contribution in [0.5, 0.6) is 0 Å². The molecular formula is C11H12FNO3S. The van der Waals surface area contributed by atoms with Crippen LogP contribution in [0.1, 0.15) is 5.56 Å². The van der Waals surface area contributed by atoms with E-state index in [1.807, 2.05) is 0 Å². The van der Waals surface area contributed by atoms with Crippen LogP contribution in [0.4, 0.5) is 10.1 Å². The molecule has 1 aromatic carbocycles. The quantitative estimate of drug-likeness (QED) is 0.664. The summed E-state index contributed by atoms with van der Waals surface area (Å²) >= 11 is 1.61. The highest BCUT2D eigenvalue weighted by atomic mass is 32.2. The van der Waals surface area contributed by atoms with E-state index in [1.165, 1.54) is 12.1 Å². The molecule has 2 rings (SSSR count). The minimum Gasteiger partial charge on any atom is -0.392 e. The van der Waals surface area contributed by atoms with E-state index < -0.39 is 16.8 Å². The van der Waals surface area contributed by atoms with E-state index in [2.05, 4.69) is 0 Å². The Balaban J connectivity index is 2.24. The molecule has 0 amide bonds. The number of benzene rings is 1. The number of nitro groups is 1. The minimum absolute atomic E-state index is 0.0273. The van der Waals surface area contributed by atoms with Gasteiger partial charge in [0.1, 0.15) is 5.82 Å². The van der Waals surface area contributed by atoms with Crippen LogP contribution in [0.2, 0.25) is 0 Å². The summed E-state index contributed by atoms with van der Waals surface area (Å²) in [5.74, 6) is 0.897. The molecule has 0 bridgehead atoms. The Morgan fingerprint density at radius 2 is 2.29 bits per heavy atom. The van der Waals surface area contributed by atoms with Crippen LogP contribution >= 0.6 is 11.8 Å². The molecule has 0 saturated carbocycles. The Morgan fingerprint density at radius 1 is 1.53 bits per heavy atom. The first-order valence-corrected chi connectivity index (χ1v) is 6.42. The number of nitro benzene ring substituents is 1. The largest absolute Gasteiger partial charge is 0.392 e. The third-order valence-corrected chi connectivity index (χ3v) is 4.13. The number of nitrogens with zero attached hydrogens (tertiary/aromatic N) is 1. The van der Waals surface area contributed by atoms with Gasteiger partial charge >= 0.3 is 0 Å². The van der Waals surface area contributed by atoms with Crippen molar-refractivity contribution in [1.82, 2.24) is 0 Å². The zero-order chi connectivity index (χ0) is 12.4. The van der Waals surface area contributed by atoms with Crippen LogP contribution in [0.3, 0.4) is 0 Å². The van der Waals surface area contributed by atoms with Crippen LogP contribution in [0, 0.1) is 21.8 Å². The Kier molecular flexibility index (Phi) is 3.63. The third-order valence-electron chi connectivity index (χ3n) is 2.89. The molecule has 1 saturated heterocycles. The predicted molar refractivity (Wildman–Crippen MR) is 63.6 cm³/mol. The normalized spacial score (nSPS) is 23.9. The maximum atomic E-state index is 13.1. The summed E-state index contributed by atoms with van der Waals surface area (Å²) in [5, 5.41) is 20.5. The highest BCUT2D eigenvalue weighted by molar-refractivity contribution is 7.99. The summed E-state index contributed by atoms with van der Waals surface area (Å²) < 4.78 is 13.1. The zero-order valence-corrected chi connectivity index (χ0v) is 9.82. The van der Waals surface area contributed by atoms with Crippen molar-refractivity contribution in [3.05, 3.63) is 39.7 Å². The Labute approximate surface area is 102 Å². The minimum atomic E-state index is -0.511. The third kappa shape index (κ3) is 2.76. The van der Waals surface area contributed by atoms with Crippen LogP contribution in [-0.4, -0.2) is 27.6 Å². The molecule has 2 unspecified atom stereocenters. The first-order valence-electron chi connectivity index (χ1n) is 5.26. The maximum Gasteiger partial charge on any atom is 0.272 e. The Morgan fingerprint density at radius 3 is 2.88 bits per heavy atom.